The van der Waals surface area contributed by atoms with Gasteiger partial charge in [-0.25, -0.2) is 0 Å². The van der Waals surface area contributed by atoms with Crippen LogP contribution in [0.2, 0.25) is 0 Å². The summed E-state index contributed by atoms with van der Waals surface area (Å²) < 4.78 is 0.460. The third-order valence-corrected chi connectivity index (χ3v) is 3.58. The van der Waals surface area contributed by atoms with E-state index in [1.165, 1.54) is 11.1 Å². The average molecular weight is 270 g/mol. The molecule has 2 aromatic heterocycles. The summed E-state index contributed by atoms with van der Waals surface area (Å²) in [4.78, 5) is 8.95. The Balaban J connectivity index is 2.42. The molecule has 0 radical (unpaired) electrons. The second kappa shape index (κ2) is 4.28. The van der Waals surface area contributed by atoms with Crippen LogP contribution in [0.15, 0.2) is 18.2 Å². The van der Waals surface area contributed by atoms with Gasteiger partial charge in [0.1, 0.15) is 0 Å². The summed E-state index contributed by atoms with van der Waals surface area (Å²) in [7, 11) is 0. The van der Waals surface area contributed by atoms with Crippen molar-refractivity contribution in [2.24, 2.45) is 0 Å². The molecule has 3 rings (SSSR count). The van der Waals surface area contributed by atoms with Gasteiger partial charge in [0.05, 0.1) is 5.52 Å². The molecule has 0 unspecified atom stereocenters. The fourth-order valence-corrected chi connectivity index (χ4v) is 2.39. The van der Waals surface area contributed by atoms with Gasteiger partial charge in [0.15, 0.2) is 5.82 Å². The molecule has 2 N–H and O–H groups in total. The average Bonchev–Trinajstić information content (AvgIpc) is 2.80. The monoisotopic (exact) mass is 270 g/mol. The Hall–Kier alpha value is -2.01. The van der Waals surface area contributed by atoms with Crippen molar-refractivity contribution in [1.82, 2.24) is 20.2 Å². The van der Waals surface area contributed by atoms with Crippen LogP contribution in [0.4, 0.5) is 0 Å². The fourth-order valence-electron chi connectivity index (χ4n) is 2.25. The van der Waals surface area contributed by atoms with Crippen LogP contribution in [-0.4, -0.2) is 20.2 Å². The molecule has 0 spiro atoms. The predicted octanol–water partition coefficient (Wildman–Crippen LogP) is 3.61. The van der Waals surface area contributed by atoms with Gasteiger partial charge in [-0.3, -0.25) is 15.2 Å². The van der Waals surface area contributed by atoms with Gasteiger partial charge >= 0.3 is 0 Å². The SMILES string of the molecule is Cc1cc(-c2nc(=S)[nH][nH]2)c2ccc(C)c(C)c2n1. The highest BCUT2D eigenvalue weighted by molar-refractivity contribution is 7.71. The zero-order valence-corrected chi connectivity index (χ0v) is 11.9. The minimum atomic E-state index is 0.460. The van der Waals surface area contributed by atoms with Crippen LogP contribution in [0.5, 0.6) is 0 Å². The van der Waals surface area contributed by atoms with Crippen molar-refractivity contribution in [1.29, 1.82) is 0 Å². The third kappa shape index (κ3) is 1.96. The molecular weight excluding hydrogens is 256 g/mol. The number of hydrogen-bond acceptors (Lipinski definition) is 3. The Morgan fingerprint density at radius 3 is 2.53 bits per heavy atom. The van der Waals surface area contributed by atoms with E-state index in [9.17, 15) is 0 Å². The molecule has 0 aliphatic heterocycles. The topological polar surface area (TPSA) is 57.4 Å². The highest BCUT2D eigenvalue weighted by Crippen LogP contribution is 2.29. The summed E-state index contributed by atoms with van der Waals surface area (Å²) in [6.45, 7) is 6.19. The number of fused-ring (bicyclic) bond motifs is 1. The summed E-state index contributed by atoms with van der Waals surface area (Å²) in [5.74, 6) is 0.753. The first-order valence-electron chi connectivity index (χ1n) is 6.09. The van der Waals surface area contributed by atoms with Crippen LogP contribution in [0.25, 0.3) is 22.3 Å². The number of benzene rings is 1. The van der Waals surface area contributed by atoms with Crippen LogP contribution in [-0.2, 0) is 0 Å². The number of aromatic amines is 2. The van der Waals surface area contributed by atoms with Crippen molar-refractivity contribution in [3.63, 3.8) is 0 Å². The van der Waals surface area contributed by atoms with E-state index in [2.05, 4.69) is 46.1 Å². The zero-order chi connectivity index (χ0) is 13.6. The van der Waals surface area contributed by atoms with Crippen molar-refractivity contribution in [2.75, 3.05) is 0 Å². The number of hydrogen-bond donors (Lipinski definition) is 2. The summed E-state index contributed by atoms with van der Waals surface area (Å²) in [6.07, 6.45) is 0. The van der Waals surface area contributed by atoms with Crippen molar-refractivity contribution < 1.29 is 0 Å². The molecule has 5 heteroatoms. The smallest absolute Gasteiger partial charge is 0.213 e. The van der Waals surface area contributed by atoms with Gasteiger partial charge in [-0.2, -0.15) is 4.98 Å². The normalized spacial score (nSPS) is 11.1. The molecule has 1 aromatic carbocycles. The van der Waals surface area contributed by atoms with Crippen molar-refractivity contribution in [3.8, 4) is 11.4 Å². The number of pyridine rings is 1. The number of H-pyrrole nitrogens is 2. The lowest BCUT2D eigenvalue weighted by Gasteiger charge is -2.09. The molecule has 0 amide bonds. The highest BCUT2D eigenvalue weighted by atomic mass is 32.1. The van der Waals surface area contributed by atoms with Crippen LogP contribution in [0, 0.1) is 25.5 Å². The Morgan fingerprint density at radius 2 is 1.84 bits per heavy atom. The molecule has 0 saturated heterocycles. The molecule has 4 nitrogen and oxygen atoms in total. The molecule has 19 heavy (non-hydrogen) atoms. The van der Waals surface area contributed by atoms with Crippen LogP contribution in [0.1, 0.15) is 16.8 Å². The Kier molecular flexibility index (Phi) is 2.71. The minimum Gasteiger partial charge on any atom is -0.282 e. The second-order valence-electron chi connectivity index (χ2n) is 4.73. The molecule has 0 saturated carbocycles. The minimum absolute atomic E-state index is 0.460. The van der Waals surface area contributed by atoms with E-state index in [-0.39, 0.29) is 0 Å². The standard InChI is InChI=1S/C14H14N4S/c1-7-4-5-10-11(13-16-14(19)18-17-13)6-8(2)15-12(10)9(7)3/h4-6H,1-3H3,(H2,16,17,18,19). The molecule has 0 fully saturated rings. The van der Waals surface area contributed by atoms with Gasteiger partial charge in [0, 0.05) is 16.6 Å². The largest absolute Gasteiger partial charge is 0.282 e. The molecule has 0 atom stereocenters. The molecule has 2 heterocycles. The first-order chi connectivity index (χ1) is 9.06. The van der Waals surface area contributed by atoms with Gasteiger partial charge in [0.25, 0.3) is 0 Å². The summed E-state index contributed by atoms with van der Waals surface area (Å²) in [6, 6.07) is 6.23. The lowest BCUT2D eigenvalue weighted by atomic mass is 10.0. The summed E-state index contributed by atoms with van der Waals surface area (Å²) >= 11 is 5.02. The van der Waals surface area contributed by atoms with Crippen molar-refractivity contribution in [2.45, 2.75) is 20.8 Å². The maximum atomic E-state index is 5.02. The lowest BCUT2D eigenvalue weighted by molar-refractivity contribution is 1.08. The fraction of sp³-hybridized carbons (Fsp3) is 0.214. The predicted molar refractivity (Wildman–Crippen MR) is 78.7 cm³/mol. The maximum absolute atomic E-state index is 5.02. The van der Waals surface area contributed by atoms with Crippen molar-refractivity contribution in [3.05, 3.63) is 39.8 Å². The molecule has 0 aliphatic carbocycles. The van der Waals surface area contributed by atoms with E-state index in [0.29, 0.717) is 4.77 Å². The van der Waals surface area contributed by atoms with Crippen molar-refractivity contribution >= 4 is 23.1 Å². The Bertz CT molecular complexity index is 829. The lowest BCUT2D eigenvalue weighted by Crippen LogP contribution is -1.94. The number of rotatable bonds is 1. The van der Waals surface area contributed by atoms with Crippen LogP contribution < -0.4 is 0 Å². The maximum Gasteiger partial charge on any atom is 0.213 e. The highest BCUT2D eigenvalue weighted by Gasteiger charge is 2.11. The van der Waals surface area contributed by atoms with Crippen LogP contribution >= 0.6 is 12.2 Å². The van der Waals surface area contributed by atoms with E-state index in [0.717, 1.165) is 28.0 Å². The van der Waals surface area contributed by atoms with E-state index in [4.69, 9.17) is 12.2 Å². The number of nitrogens with zero attached hydrogens (tertiary/aromatic N) is 2. The van der Waals surface area contributed by atoms with Gasteiger partial charge in [-0.05, 0) is 50.2 Å². The van der Waals surface area contributed by atoms with Gasteiger partial charge in [-0.15, -0.1) is 0 Å². The second-order valence-corrected chi connectivity index (χ2v) is 5.12. The molecule has 0 aliphatic rings. The van der Waals surface area contributed by atoms with E-state index in [1.807, 2.05) is 13.0 Å². The summed E-state index contributed by atoms with van der Waals surface area (Å²) in [5.41, 5.74) is 5.47. The quantitative estimate of drug-likeness (QED) is 0.664. The number of aryl methyl sites for hydroxylation is 3. The molecule has 0 bridgehead atoms. The van der Waals surface area contributed by atoms with Gasteiger partial charge in [0.2, 0.25) is 4.77 Å². The molecule has 3 aromatic rings. The number of nitrogens with one attached hydrogen (secondary N) is 2. The van der Waals surface area contributed by atoms with E-state index < -0.39 is 0 Å². The van der Waals surface area contributed by atoms with Crippen LogP contribution in [0.3, 0.4) is 0 Å². The van der Waals surface area contributed by atoms with Gasteiger partial charge < -0.3 is 0 Å². The third-order valence-electron chi connectivity index (χ3n) is 3.39. The Morgan fingerprint density at radius 1 is 1.05 bits per heavy atom. The van der Waals surface area contributed by atoms with E-state index >= 15 is 0 Å². The first-order valence-corrected chi connectivity index (χ1v) is 6.49. The molecular formula is C14H14N4S. The Labute approximate surface area is 115 Å². The zero-order valence-electron chi connectivity index (χ0n) is 11.0. The number of aromatic nitrogens is 4. The first kappa shape index (κ1) is 12.0. The molecule has 96 valence electrons. The van der Waals surface area contributed by atoms with Gasteiger partial charge in [-0.1, -0.05) is 12.1 Å². The van der Waals surface area contributed by atoms with E-state index in [1.54, 1.807) is 0 Å². The summed E-state index contributed by atoms with van der Waals surface area (Å²) in [5, 5.41) is 6.93.